The van der Waals surface area contributed by atoms with Gasteiger partial charge < -0.3 is 10.0 Å². The normalized spacial score (nSPS) is 16.9. The molecule has 2 atom stereocenters. The molecule has 0 rings (SSSR count). The number of nitrogens with one attached hydrogen (secondary N) is 1. The van der Waals surface area contributed by atoms with E-state index in [1.165, 1.54) is 0 Å². The average molecular weight is 258 g/mol. The first-order valence-electron chi connectivity index (χ1n) is 6.94. The fourth-order valence-electron chi connectivity index (χ4n) is 2.22. The van der Waals surface area contributed by atoms with Gasteiger partial charge >= 0.3 is 5.97 Å². The zero-order valence-corrected chi connectivity index (χ0v) is 12.8. The standard InChI is InChI=1S/C14H30N2O2/c1-7-8-9-16(6)12(4)10-14(5,13(17)18)15-11(2)3/h11-12,15H,7-10H2,1-6H3,(H,17,18). The van der Waals surface area contributed by atoms with Gasteiger partial charge in [-0.3, -0.25) is 10.1 Å². The van der Waals surface area contributed by atoms with Gasteiger partial charge in [-0.15, -0.1) is 0 Å². The monoisotopic (exact) mass is 258 g/mol. The van der Waals surface area contributed by atoms with Gasteiger partial charge in [0.1, 0.15) is 5.54 Å². The van der Waals surface area contributed by atoms with Crippen molar-refractivity contribution in [1.82, 2.24) is 10.2 Å². The van der Waals surface area contributed by atoms with E-state index in [9.17, 15) is 9.90 Å². The number of carboxylic acids is 1. The maximum atomic E-state index is 11.4. The third-order valence-corrected chi connectivity index (χ3v) is 3.40. The lowest BCUT2D eigenvalue weighted by molar-refractivity contribution is -0.145. The summed E-state index contributed by atoms with van der Waals surface area (Å²) in [5.41, 5.74) is -0.853. The van der Waals surface area contributed by atoms with Crippen LogP contribution in [-0.2, 0) is 4.79 Å². The van der Waals surface area contributed by atoms with Crippen LogP contribution in [0.3, 0.4) is 0 Å². The molecule has 4 nitrogen and oxygen atoms in total. The van der Waals surface area contributed by atoms with Crippen LogP contribution in [0, 0.1) is 0 Å². The minimum absolute atomic E-state index is 0.166. The molecule has 0 saturated heterocycles. The lowest BCUT2D eigenvalue weighted by Crippen LogP contribution is -2.55. The zero-order valence-electron chi connectivity index (χ0n) is 12.8. The molecule has 0 aromatic rings. The number of carbonyl (C=O) groups is 1. The fraction of sp³-hybridized carbons (Fsp3) is 0.929. The highest BCUT2D eigenvalue weighted by molar-refractivity contribution is 5.78. The van der Waals surface area contributed by atoms with Crippen molar-refractivity contribution >= 4 is 5.97 Å². The second kappa shape index (κ2) is 7.74. The van der Waals surface area contributed by atoms with Crippen LogP contribution in [0.2, 0.25) is 0 Å². The summed E-state index contributed by atoms with van der Waals surface area (Å²) in [4.78, 5) is 13.7. The lowest BCUT2D eigenvalue weighted by Gasteiger charge is -2.34. The molecule has 0 heterocycles. The van der Waals surface area contributed by atoms with Gasteiger partial charge in [-0.05, 0) is 54.1 Å². The molecular weight excluding hydrogens is 228 g/mol. The number of carboxylic acid groups (broad SMARTS) is 1. The molecule has 2 N–H and O–H groups in total. The van der Waals surface area contributed by atoms with Crippen LogP contribution in [0.25, 0.3) is 0 Å². The molecule has 18 heavy (non-hydrogen) atoms. The van der Waals surface area contributed by atoms with Gasteiger partial charge in [-0.25, -0.2) is 0 Å². The van der Waals surface area contributed by atoms with Gasteiger partial charge in [0, 0.05) is 12.1 Å². The Labute approximate surface area is 112 Å². The molecule has 0 spiro atoms. The molecule has 0 aliphatic heterocycles. The van der Waals surface area contributed by atoms with E-state index in [1.807, 2.05) is 13.8 Å². The summed E-state index contributed by atoms with van der Waals surface area (Å²) in [7, 11) is 2.07. The molecule has 0 saturated carbocycles. The maximum absolute atomic E-state index is 11.4. The van der Waals surface area contributed by atoms with Gasteiger partial charge in [-0.1, -0.05) is 13.3 Å². The van der Waals surface area contributed by atoms with Crippen molar-refractivity contribution in [3.63, 3.8) is 0 Å². The van der Waals surface area contributed by atoms with Crippen LogP contribution in [-0.4, -0.2) is 47.2 Å². The minimum atomic E-state index is -0.853. The topological polar surface area (TPSA) is 52.6 Å². The fourth-order valence-corrected chi connectivity index (χ4v) is 2.22. The van der Waals surface area contributed by atoms with Crippen LogP contribution in [0.4, 0.5) is 0 Å². The number of unbranched alkanes of at least 4 members (excludes halogenated alkanes) is 1. The first kappa shape index (κ1) is 17.4. The summed E-state index contributed by atoms with van der Waals surface area (Å²) >= 11 is 0. The summed E-state index contributed by atoms with van der Waals surface area (Å²) in [5, 5.41) is 12.6. The number of aliphatic carboxylic acids is 1. The zero-order chi connectivity index (χ0) is 14.3. The Morgan fingerprint density at radius 2 is 1.94 bits per heavy atom. The van der Waals surface area contributed by atoms with E-state index in [0.29, 0.717) is 6.42 Å². The maximum Gasteiger partial charge on any atom is 0.323 e. The van der Waals surface area contributed by atoms with Crippen LogP contribution in [0.15, 0.2) is 0 Å². The summed E-state index contributed by atoms with van der Waals surface area (Å²) in [6, 6.07) is 0.420. The first-order chi connectivity index (χ1) is 8.23. The summed E-state index contributed by atoms with van der Waals surface area (Å²) in [6.45, 7) is 11.0. The predicted molar refractivity (Wildman–Crippen MR) is 75.9 cm³/mol. The molecule has 4 heteroatoms. The SMILES string of the molecule is CCCCN(C)C(C)CC(C)(NC(C)C)C(=O)O. The summed E-state index contributed by atoms with van der Waals surface area (Å²) in [5.74, 6) is -0.771. The number of hydrogen-bond acceptors (Lipinski definition) is 3. The molecule has 0 radical (unpaired) electrons. The Hall–Kier alpha value is -0.610. The van der Waals surface area contributed by atoms with Gasteiger partial charge in [0.05, 0.1) is 0 Å². The van der Waals surface area contributed by atoms with Crippen molar-refractivity contribution in [2.45, 2.75) is 71.5 Å². The third kappa shape index (κ3) is 5.83. The van der Waals surface area contributed by atoms with Crippen LogP contribution in [0.5, 0.6) is 0 Å². The lowest BCUT2D eigenvalue weighted by atomic mass is 9.92. The predicted octanol–water partition coefficient (Wildman–Crippen LogP) is 2.34. The summed E-state index contributed by atoms with van der Waals surface area (Å²) < 4.78 is 0. The molecule has 0 aromatic heterocycles. The van der Waals surface area contributed by atoms with E-state index in [2.05, 4.69) is 31.1 Å². The van der Waals surface area contributed by atoms with Crippen molar-refractivity contribution in [2.24, 2.45) is 0 Å². The van der Waals surface area contributed by atoms with Crippen LogP contribution in [0.1, 0.15) is 53.9 Å². The third-order valence-electron chi connectivity index (χ3n) is 3.40. The average Bonchev–Trinajstić information content (AvgIpc) is 2.24. The minimum Gasteiger partial charge on any atom is -0.480 e. The Morgan fingerprint density at radius 3 is 2.33 bits per heavy atom. The van der Waals surface area contributed by atoms with E-state index in [4.69, 9.17) is 0 Å². The molecular formula is C14H30N2O2. The Kier molecular flexibility index (Phi) is 7.48. The van der Waals surface area contributed by atoms with Crippen molar-refractivity contribution in [2.75, 3.05) is 13.6 Å². The molecule has 0 aliphatic rings. The van der Waals surface area contributed by atoms with Crippen LogP contribution < -0.4 is 5.32 Å². The van der Waals surface area contributed by atoms with E-state index < -0.39 is 11.5 Å². The van der Waals surface area contributed by atoms with E-state index in [0.717, 1.165) is 19.4 Å². The molecule has 2 unspecified atom stereocenters. The Balaban J connectivity index is 4.53. The van der Waals surface area contributed by atoms with E-state index in [-0.39, 0.29) is 12.1 Å². The van der Waals surface area contributed by atoms with Crippen LogP contribution >= 0.6 is 0 Å². The highest BCUT2D eigenvalue weighted by Crippen LogP contribution is 2.17. The van der Waals surface area contributed by atoms with Gasteiger partial charge in [0.25, 0.3) is 0 Å². The quantitative estimate of drug-likeness (QED) is 0.666. The highest BCUT2D eigenvalue weighted by Gasteiger charge is 2.35. The molecule has 0 aromatic carbocycles. The second-order valence-corrected chi connectivity index (χ2v) is 5.82. The van der Waals surface area contributed by atoms with Crippen molar-refractivity contribution in [1.29, 1.82) is 0 Å². The molecule has 0 bridgehead atoms. The number of hydrogen-bond donors (Lipinski definition) is 2. The van der Waals surface area contributed by atoms with E-state index in [1.54, 1.807) is 6.92 Å². The highest BCUT2D eigenvalue weighted by atomic mass is 16.4. The van der Waals surface area contributed by atoms with Gasteiger partial charge in [-0.2, -0.15) is 0 Å². The van der Waals surface area contributed by atoms with Crippen molar-refractivity contribution in [3.05, 3.63) is 0 Å². The second-order valence-electron chi connectivity index (χ2n) is 5.82. The molecule has 0 amide bonds. The molecule has 108 valence electrons. The number of nitrogens with zero attached hydrogens (tertiary/aromatic N) is 1. The Bertz CT molecular complexity index is 256. The van der Waals surface area contributed by atoms with Crippen molar-refractivity contribution < 1.29 is 9.90 Å². The number of rotatable bonds is 9. The van der Waals surface area contributed by atoms with Gasteiger partial charge in [0.15, 0.2) is 0 Å². The molecule has 0 fully saturated rings. The van der Waals surface area contributed by atoms with Gasteiger partial charge in [0.2, 0.25) is 0 Å². The Morgan fingerprint density at radius 1 is 1.39 bits per heavy atom. The molecule has 0 aliphatic carbocycles. The largest absolute Gasteiger partial charge is 0.480 e. The smallest absolute Gasteiger partial charge is 0.323 e. The first-order valence-corrected chi connectivity index (χ1v) is 6.94. The van der Waals surface area contributed by atoms with E-state index >= 15 is 0 Å². The van der Waals surface area contributed by atoms with Crippen molar-refractivity contribution in [3.8, 4) is 0 Å². The summed E-state index contributed by atoms with van der Waals surface area (Å²) in [6.07, 6.45) is 2.93.